The topological polar surface area (TPSA) is 84.9 Å². The number of amides is 1. The van der Waals surface area contributed by atoms with E-state index in [1.807, 2.05) is 0 Å². The molecule has 0 saturated carbocycles. The number of aliphatic carboxylic acids is 1. The highest BCUT2D eigenvalue weighted by Crippen LogP contribution is 2.08. The van der Waals surface area contributed by atoms with Crippen LogP contribution in [0.25, 0.3) is 0 Å². The fourth-order valence-electron chi connectivity index (χ4n) is 1.30. The van der Waals surface area contributed by atoms with Gasteiger partial charge < -0.3 is 19.9 Å². The predicted molar refractivity (Wildman–Crippen MR) is 66.5 cm³/mol. The summed E-state index contributed by atoms with van der Waals surface area (Å²) in [7, 11) is 1.59. The van der Waals surface area contributed by atoms with Crippen LogP contribution >= 0.6 is 0 Å². The van der Waals surface area contributed by atoms with Gasteiger partial charge in [0.2, 0.25) is 0 Å². The number of carboxylic acids is 1. The predicted octanol–water partition coefficient (Wildman–Crippen LogP) is 1.78. The lowest BCUT2D eigenvalue weighted by atomic mass is 10.1. The van der Waals surface area contributed by atoms with Crippen LogP contribution in [0.5, 0.6) is 0 Å². The van der Waals surface area contributed by atoms with Crippen molar-refractivity contribution in [3.8, 4) is 0 Å². The summed E-state index contributed by atoms with van der Waals surface area (Å²) < 4.78 is 9.88. The van der Waals surface area contributed by atoms with E-state index in [-0.39, 0.29) is 0 Å². The Morgan fingerprint density at radius 3 is 2.33 bits per heavy atom. The number of hydrogen-bond acceptors (Lipinski definition) is 4. The van der Waals surface area contributed by atoms with E-state index >= 15 is 0 Å². The van der Waals surface area contributed by atoms with Crippen LogP contribution in [-0.4, -0.2) is 42.5 Å². The molecule has 0 saturated heterocycles. The van der Waals surface area contributed by atoms with Gasteiger partial charge in [0.1, 0.15) is 11.6 Å². The van der Waals surface area contributed by atoms with Crippen molar-refractivity contribution in [3.05, 3.63) is 0 Å². The van der Waals surface area contributed by atoms with Crippen molar-refractivity contribution < 1.29 is 24.2 Å². The molecule has 2 N–H and O–H groups in total. The molecular formula is C12H23NO5. The molecule has 0 heterocycles. The molecule has 106 valence electrons. The molecule has 6 heteroatoms. The summed E-state index contributed by atoms with van der Waals surface area (Å²) in [6.07, 6.45) is 1.08. The fraction of sp³-hybridized carbons (Fsp3) is 0.833. The number of alkyl carbamates (subject to hydrolysis) is 1. The molecule has 0 aliphatic carbocycles. The molecule has 18 heavy (non-hydrogen) atoms. The lowest BCUT2D eigenvalue weighted by Crippen LogP contribution is -2.43. The van der Waals surface area contributed by atoms with Crippen LogP contribution in [0.15, 0.2) is 0 Å². The molecule has 0 rings (SSSR count). The normalized spacial score (nSPS) is 12.9. The van der Waals surface area contributed by atoms with Crippen molar-refractivity contribution in [2.45, 2.75) is 51.7 Å². The van der Waals surface area contributed by atoms with Crippen molar-refractivity contribution >= 4 is 12.1 Å². The summed E-state index contributed by atoms with van der Waals surface area (Å²) in [5, 5.41) is 11.3. The zero-order valence-corrected chi connectivity index (χ0v) is 11.5. The maximum absolute atomic E-state index is 11.4. The second-order valence-electron chi connectivity index (χ2n) is 5.03. The van der Waals surface area contributed by atoms with E-state index in [0.717, 1.165) is 6.42 Å². The van der Waals surface area contributed by atoms with Gasteiger partial charge in [-0.05, 0) is 40.0 Å². The summed E-state index contributed by atoms with van der Waals surface area (Å²) in [6, 6.07) is -0.920. The summed E-state index contributed by atoms with van der Waals surface area (Å²) >= 11 is 0. The Kier molecular flexibility index (Phi) is 7.35. The first-order valence-electron chi connectivity index (χ1n) is 5.97. The molecule has 0 aromatic heterocycles. The van der Waals surface area contributed by atoms with Crippen LogP contribution in [0.4, 0.5) is 4.79 Å². The van der Waals surface area contributed by atoms with Crippen LogP contribution in [-0.2, 0) is 14.3 Å². The third-order valence-electron chi connectivity index (χ3n) is 2.08. The first-order valence-corrected chi connectivity index (χ1v) is 5.97. The number of methoxy groups -OCH3 is 1. The highest BCUT2D eigenvalue weighted by atomic mass is 16.6. The number of hydrogen-bond donors (Lipinski definition) is 2. The third kappa shape index (κ3) is 8.81. The van der Waals surface area contributed by atoms with Crippen molar-refractivity contribution in [1.82, 2.24) is 5.32 Å². The lowest BCUT2D eigenvalue weighted by molar-refractivity contribution is -0.139. The summed E-state index contributed by atoms with van der Waals surface area (Å²) in [4.78, 5) is 22.4. The highest BCUT2D eigenvalue weighted by molar-refractivity contribution is 5.79. The lowest BCUT2D eigenvalue weighted by Gasteiger charge is -2.22. The standard InChI is InChI=1S/C12H23NO5/c1-12(2,3)18-11(16)13-9(10(14)15)7-5-6-8-17-4/h9H,5-8H2,1-4H3,(H,13,16)(H,14,15). The first-order chi connectivity index (χ1) is 8.26. The minimum absolute atomic E-state index is 0.359. The number of carbonyl (C=O) groups is 2. The van der Waals surface area contributed by atoms with E-state index in [1.54, 1.807) is 27.9 Å². The minimum atomic E-state index is -1.06. The maximum atomic E-state index is 11.4. The van der Waals surface area contributed by atoms with Gasteiger partial charge in [0.25, 0.3) is 0 Å². The molecule has 0 aromatic rings. The number of rotatable bonds is 7. The molecule has 0 aliphatic rings. The summed E-state index contributed by atoms with van der Waals surface area (Å²) in [5.41, 5.74) is -0.636. The summed E-state index contributed by atoms with van der Waals surface area (Å²) in [6.45, 7) is 5.75. The SMILES string of the molecule is COCCCCC(NC(=O)OC(C)(C)C)C(=O)O. The molecule has 0 aliphatic heterocycles. The Morgan fingerprint density at radius 2 is 1.89 bits per heavy atom. The molecule has 6 nitrogen and oxygen atoms in total. The third-order valence-corrected chi connectivity index (χ3v) is 2.08. The Labute approximate surface area is 108 Å². The monoisotopic (exact) mass is 261 g/mol. The molecule has 1 atom stereocenters. The Morgan fingerprint density at radius 1 is 1.28 bits per heavy atom. The molecular weight excluding hydrogens is 238 g/mol. The Balaban J connectivity index is 4.11. The van der Waals surface area contributed by atoms with Crippen LogP contribution < -0.4 is 5.32 Å². The molecule has 0 spiro atoms. The molecule has 0 radical (unpaired) electrons. The van der Waals surface area contributed by atoms with Gasteiger partial charge in [0, 0.05) is 13.7 Å². The largest absolute Gasteiger partial charge is 0.480 e. The molecule has 0 bridgehead atoms. The zero-order valence-electron chi connectivity index (χ0n) is 11.5. The van der Waals surface area contributed by atoms with E-state index in [1.165, 1.54) is 0 Å². The number of nitrogens with one attached hydrogen (secondary N) is 1. The second kappa shape index (κ2) is 7.92. The second-order valence-corrected chi connectivity index (χ2v) is 5.03. The van der Waals surface area contributed by atoms with Gasteiger partial charge in [-0.3, -0.25) is 0 Å². The number of carbonyl (C=O) groups excluding carboxylic acids is 1. The van der Waals surface area contributed by atoms with Gasteiger partial charge in [-0.2, -0.15) is 0 Å². The van der Waals surface area contributed by atoms with Crippen LogP contribution in [0, 0.1) is 0 Å². The Hall–Kier alpha value is -1.30. The fourth-order valence-corrected chi connectivity index (χ4v) is 1.30. The number of carboxylic acid groups (broad SMARTS) is 1. The average Bonchev–Trinajstić information content (AvgIpc) is 2.19. The van der Waals surface area contributed by atoms with Gasteiger partial charge in [0.05, 0.1) is 0 Å². The van der Waals surface area contributed by atoms with E-state index in [4.69, 9.17) is 14.6 Å². The molecule has 1 unspecified atom stereocenters. The van der Waals surface area contributed by atoms with Crippen LogP contribution in [0.3, 0.4) is 0 Å². The average molecular weight is 261 g/mol. The van der Waals surface area contributed by atoms with Crippen LogP contribution in [0.2, 0.25) is 0 Å². The number of ether oxygens (including phenoxy) is 2. The smallest absolute Gasteiger partial charge is 0.408 e. The maximum Gasteiger partial charge on any atom is 0.408 e. The highest BCUT2D eigenvalue weighted by Gasteiger charge is 2.23. The summed E-state index contributed by atoms with van der Waals surface area (Å²) in [5.74, 6) is -1.06. The van der Waals surface area contributed by atoms with E-state index in [2.05, 4.69) is 5.32 Å². The van der Waals surface area contributed by atoms with E-state index < -0.39 is 23.7 Å². The molecule has 1 amide bonds. The van der Waals surface area contributed by atoms with Gasteiger partial charge >= 0.3 is 12.1 Å². The molecule has 0 aromatic carbocycles. The van der Waals surface area contributed by atoms with Crippen molar-refractivity contribution in [2.24, 2.45) is 0 Å². The van der Waals surface area contributed by atoms with Crippen molar-refractivity contribution in [1.29, 1.82) is 0 Å². The van der Waals surface area contributed by atoms with Crippen molar-refractivity contribution in [2.75, 3.05) is 13.7 Å². The van der Waals surface area contributed by atoms with Gasteiger partial charge in [-0.15, -0.1) is 0 Å². The zero-order chi connectivity index (χ0) is 14.2. The van der Waals surface area contributed by atoms with E-state index in [0.29, 0.717) is 19.4 Å². The van der Waals surface area contributed by atoms with Gasteiger partial charge in [0.15, 0.2) is 0 Å². The first kappa shape index (κ1) is 16.7. The minimum Gasteiger partial charge on any atom is -0.480 e. The quantitative estimate of drug-likeness (QED) is 0.682. The van der Waals surface area contributed by atoms with Crippen molar-refractivity contribution in [3.63, 3.8) is 0 Å². The van der Waals surface area contributed by atoms with Gasteiger partial charge in [-0.25, -0.2) is 9.59 Å². The van der Waals surface area contributed by atoms with E-state index in [9.17, 15) is 9.59 Å². The molecule has 0 fully saturated rings. The van der Waals surface area contributed by atoms with Gasteiger partial charge in [-0.1, -0.05) is 0 Å². The van der Waals surface area contributed by atoms with Crippen LogP contribution in [0.1, 0.15) is 40.0 Å². The Bertz CT molecular complexity index is 272. The number of unbranched alkanes of at least 4 members (excludes halogenated alkanes) is 1.